The molecule has 2 aliphatic rings. The summed E-state index contributed by atoms with van der Waals surface area (Å²) in [7, 11) is 0. The van der Waals surface area contributed by atoms with Gasteiger partial charge in [0.25, 0.3) is 0 Å². The number of nitrogens with zero attached hydrogens (tertiary/aromatic N) is 4. The first kappa shape index (κ1) is 13.8. The zero-order chi connectivity index (χ0) is 15.5. The second-order valence-corrected chi connectivity index (χ2v) is 7.19. The van der Waals surface area contributed by atoms with Crippen LogP contribution in [0.4, 0.5) is 5.69 Å². The molecule has 1 saturated carbocycles. The average Bonchev–Trinajstić information content (AvgIpc) is 3.21. The van der Waals surface area contributed by atoms with Crippen molar-refractivity contribution >= 4 is 33.0 Å². The number of nitriles is 1. The van der Waals surface area contributed by atoms with E-state index in [4.69, 9.17) is 0 Å². The van der Waals surface area contributed by atoms with Crippen LogP contribution in [0.3, 0.4) is 0 Å². The Labute approximate surface area is 136 Å². The fourth-order valence-corrected chi connectivity index (χ4v) is 4.11. The first-order valence-electron chi connectivity index (χ1n) is 7.44. The van der Waals surface area contributed by atoms with Gasteiger partial charge >= 0.3 is 0 Å². The number of halogens is 1. The molecular formula is C16H15BrN4O. The molecule has 1 aliphatic carbocycles. The molecule has 5 nitrogen and oxygen atoms in total. The molecule has 2 unspecified atom stereocenters. The van der Waals surface area contributed by atoms with Gasteiger partial charge in [0.05, 0.1) is 17.3 Å². The van der Waals surface area contributed by atoms with E-state index in [-0.39, 0.29) is 17.7 Å². The Morgan fingerprint density at radius 2 is 2.27 bits per heavy atom. The summed E-state index contributed by atoms with van der Waals surface area (Å²) in [5.41, 5.74) is 0.860. The van der Waals surface area contributed by atoms with Gasteiger partial charge in [-0.05, 0) is 46.8 Å². The molecule has 6 heteroatoms. The van der Waals surface area contributed by atoms with Crippen LogP contribution >= 0.6 is 15.9 Å². The van der Waals surface area contributed by atoms with Crippen LogP contribution in [0.15, 0.2) is 29.0 Å². The van der Waals surface area contributed by atoms with Gasteiger partial charge in [0.1, 0.15) is 5.41 Å². The summed E-state index contributed by atoms with van der Waals surface area (Å²) in [6.07, 6.45) is 5.53. The maximum Gasteiger partial charge on any atom is 0.248 e. The summed E-state index contributed by atoms with van der Waals surface area (Å²) in [6, 6.07) is 6.17. The van der Waals surface area contributed by atoms with Crippen molar-refractivity contribution in [1.82, 2.24) is 9.61 Å². The van der Waals surface area contributed by atoms with E-state index in [1.807, 2.05) is 25.3 Å². The van der Waals surface area contributed by atoms with Gasteiger partial charge in [-0.3, -0.25) is 4.79 Å². The van der Waals surface area contributed by atoms with Gasteiger partial charge in [-0.1, -0.05) is 6.92 Å². The Morgan fingerprint density at radius 3 is 2.95 bits per heavy atom. The van der Waals surface area contributed by atoms with Gasteiger partial charge < -0.3 is 4.90 Å². The first-order chi connectivity index (χ1) is 10.6. The van der Waals surface area contributed by atoms with E-state index in [1.54, 1.807) is 15.6 Å². The Bertz CT molecular complexity index is 819. The molecule has 0 aromatic carbocycles. The molecule has 2 atom stereocenters. The molecular weight excluding hydrogens is 344 g/mol. The van der Waals surface area contributed by atoms with Crippen LogP contribution in [0.2, 0.25) is 0 Å². The topological polar surface area (TPSA) is 61.4 Å². The van der Waals surface area contributed by atoms with Crippen LogP contribution in [0.1, 0.15) is 19.8 Å². The SMILES string of the molecule is CC1CN(c2ccnn3cc(Br)cc23)C(=O)C1(C#N)C1CC1. The van der Waals surface area contributed by atoms with Crippen molar-refractivity contribution in [2.75, 3.05) is 11.4 Å². The number of aromatic nitrogens is 2. The fraction of sp³-hybridized carbons (Fsp3) is 0.438. The van der Waals surface area contributed by atoms with Gasteiger partial charge in [0.15, 0.2) is 0 Å². The predicted octanol–water partition coefficient (Wildman–Crippen LogP) is 3.00. The Hall–Kier alpha value is -1.87. The standard InChI is InChI=1S/C16H15BrN4O/c1-10-7-20(15(22)16(10,9-18)11-2-3-11)13-4-5-19-21-8-12(17)6-14(13)21/h4-6,8,10-11H,2-3,7H2,1H3. The Balaban J connectivity index is 1.83. The summed E-state index contributed by atoms with van der Waals surface area (Å²) in [5.74, 6) is 0.223. The summed E-state index contributed by atoms with van der Waals surface area (Å²) < 4.78 is 2.67. The van der Waals surface area contributed by atoms with Crippen molar-refractivity contribution in [3.8, 4) is 6.07 Å². The maximum atomic E-state index is 13.1. The minimum atomic E-state index is -0.843. The smallest absolute Gasteiger partial charge is 0.248 e. The Kier molecular flexibility index (Phi) is 2.85. The molecule has 1 saturated heterocycles. The minimum Gasteiger partial charge on any atom is -0.309 e. The normalized spacial score (nSPS) is 28.3. The molecule has 0 spiro atoms. The van der Waals surface area contributed by atoms with Crippen LogP contribution in [-0.4, -0.2) is 22.1 Å². The van der Waals surface area contributed by atoms with Crippen LogP contribution in [0.5, 0.6) is 0 Å². The van der Waals surface area contributed by atoms with E-state index in [2.05, 4.69) is 27.1 Å². The minimum absolute atomic E-state index is 0.0455. The van der Waals surface area contributed by atoms with Crippen LogP contribution in [-0.2, 0) is 4.79 Å². The van der Waals surface area contributed by atoms with Crippen molar-refractivity contribution in [2.45, 2.75) is 19.8 Å². The molecule has 4 rings (SSSR count). The number of carbonyl (C=O) groups excluding carboxylic acids is 1. The number of amides is 1. The second-order valence-electron chi connectivity index (χ2n) is 6.28. The maximum absolute atomic E-state index is 13.1. The highest BCUT2D eigenvalue weighted by molar-refractivity contribution is 9.10. The number of fused-ring (bicyclic) bond motifs is 1. The highest BCUT2D eigenvalue weighted by Gasteiger charge is 2.61. The van der Waals surface area contributed by atoms with E-state index >= 15 is 0 Å². The number of anilines is 1. The molecule has 22 heavy (non-hydrogen) atoms. The molecule has 2 aromatic heterocycles. The monoisotopic (exact) mass is 358 g/mol. The molecule has 0 bridgehead atoms. The van der Waals surface area contributed by atoms with Gasteiger partial charge in [0.2, 0.25) is 5.91 Å². The summed E-state index contributed by atoms with van der Waals surface area (Å²) in [5, 5.41) is 14.0. The lowest BCUT2D eigenvalue weighted by molar-refractivity contribution is -0.124. The number of rotatable bonds is 2. The van der Waals surface area contributed by atoms with Crippen LogP contribution in [0.25, 0.3) is 5.52 Å². The number of hydrogen-bond donors (Lipinski definition) is 0. The van der Waals surface area contributed by atoms with Gasteiger partial charge in [-0.2, -0.15) is 10.4 Å². The van der Waals surface area contributed by atoms with E-state index in [0.29, 0.717) is 6.54 Å². The van der Waals surface area contributed by atoms with Crippen molar-refractivity contribution in [3.05, 3.63) is 29.0 Å². The zero-order valence-electron chi connectivity index (χ0n) is 12.2. The molecule has 3 heterocycles. The average molecular weight is 359 g/mol. The van der Waals surface area contributed by atoms with E-state index in [9.17, 15) is 10.1 Å². The molecule has 0 N–H and O–H groups in total. The molecule has 1 amide bonds. The number of carbonyl (C=O) groups is 1. The predicted molar refractivity (Wildman–Crippen MR) is 85.2 cm³/mol. The van der Waals surface area contributed by atoms with Gasteiger partial charge in [-0.25, -0.2) is 4.52 Å². The lowest BCUT2D eigenvalue weighted by Crippen LogP contribution is -2.37. The van der Waals surface area contributed by atoms with E-state index in [1.165, 1.54) is 0 Å². The quantitative estimate of drug-likeness (QED) is 0.828. The van der Waals surface area contributed by atoms with Crippen molar-refractivity contribution in [1.29, 1.82) is 5.26 Å². The lowest BCUT2D eigenvalue weighted by atomic mass is 9.75. The zero-order valence-corrected chi connectivity index (χ0v) is 13.7. The number of hydrogen-bond acceptors (Lipinski definition) is 3. The van der Waals surface area contributed by atoms with Crippen molar-refractivity contribution in [2.24, 2.45) is 17.3 Å². The first-order valence-corrected chi connectivity index (χ1v) is 8.23. The third kappa shape index (κ3) is 1.69. The second kappa shape index (κ2) is 4.56. The molecule has 2 fully saturated rings. The van der Waals surface area contributed by atoms with Gasteiger partial charge in [0, 0.05) is 29.3 Å². The van der Waals surface area contributed by atoms with Crippen LogP contribution in [0, 0.1) is 28.6 Å². The summed E-state index contributed by atoms with van der Waals surface area (Å²) in [6.45, 7) is 2.61. The molecule has 2 aromatic rings. The highest BCUT2D eigenvalue weighted by Crippen LogP contribution is 2.54. The van der Waals surface area contributed by atoms with Gasteiger partial charge in [-0.15, -0.1) is 0 Å². The highest BCUT2D eigenvalue weighted by atomic mass is 79.9. The van der Waals surface area contributed by atoms with Crippen molar-refractivity contribution < 1.29 is 4.79 Å². The fourth-order valence-electron chi connectivity index (χ4n) is 3.70. The van der Waals surface area contributed by atoms with E-state index in [0.717, 1.165) is 28.5 Å². The largest absolute Gasteiger partial charge is 0.309 e. The molecule has 1 aliphatic heterocycles. The molecule has 0 radical (unpaired) electrons. The molecule has 112 valence electrons. The summed E-state index contributed by atoms with van der Waals surface area (Å²) in [4.78, 5) is 14.8. The third-order valence-electron chi connectivity index (χ3n) is 4.98. The lowest BCUT2D eigenvalue weighted by Gasteiger charge is -2.23. The van der Waals surface area contributed by atoms with Crippen molar-refractivity contribution in [3.63, 3.8) is 0 Å². The third-order valence-corrected chi connectivity index (χ3v) is 5.42. The van der Waals surface area contributed by atoms with E-state index < -0.39 is 5.41 Å². The Morgan fingerprint density at radius 1 is 1.50 bits per heavy atom. The van der Waals surface area contributed by atoms with Crippen LogP contribution < -0.4 is 4.90 Å². The summed E-state index contributed by atoms with van der Waals surface area (Å²) >= 11 is 3.45.